The van der Waals surface area contributed by atoms with Crippen LogP contribution >= 0.6 is 23.2 Å². The molecule has 2 aromatic carbocycles. The van der Waals surface area contributed by atoms with Crippen LogP contribution in [0.2, 0.25) is 10.0 Å². The summed E-state index contributed by atoms with van der Waals surface area (Å²) in [5, 5.41) is 4.20. The predicted octanol–water partition coefficient (Wildman–Crippen LogP) is 5.84. The van der Waals surface area contributed by atoms with Crippen molar-refractivity contribution in [3.05, 3.63) is 58.1 Å². The van der Waals surface area contributed by atoms with Crippen molar-refractivity contribution in [3.63, 3.8) is 0 Å². The van der Waals surface area contributed by atoms with E-state index < -0.39 is 5.41 Å². The molecule has 5 heteroatoms. The second-order valence-electron chi connectivity index (χ2n) is 6.45. The summed E-state index contributed by atoms with van der Waals surface area (Å²) in [6.45, 7) is 0. The number of amides is 1. The first-order valence-electron chi connectivity index (χ1n) is 8.46. The van der Waals surface area contributed by atoms with E-state index in [0.717, 1.165) is 37.7 Å². The zero-order valence-electron chi connectivity index (χ0n) is 14.1. The topological polar surface area (TPSA) is 38.3 Å². The molecule has 0 aromatic heterocycles. The average molecular weight is 378 g/mol. The van der Waals surface area contributed by atoms with Gasteiger partial charge in [0.05, 0.1) is 17.5 Å². The van der Waals surface area contributed by atoms with Crippen molar-refractivity contribution in [1.82, 2.24) is 0 Å². The van der Waals surface area contributed by atoms with Crippen LogP contribution in [0.5, 0.6) is 5.75 Å². The fraction of sp³-hybridized carbons (Fsp3) is 0.350. The number of methoxy groups -OCH3 is 1. The predicted molar refractivity (Wildman–Crippen MR) is 103 cm³/mol. The lowest BCUT2D eigenvalue weighted by Gasteiger charge is -2.36. The van der Waals surface area contributed by atoms with Crippen molar-refractivity contribution in [1.29, 1.82) is 0 Å². The van der Waals surface area contributed by atoms with Crippen LogP contribution in [-0.4, -0.2) is 13.0 Å². The Morgan fingerprint density at radius 3 is 2.32 bits per heavy atom. The largest absolute Gasteiger partial charge is 0.495 e. The summed E-state index contributed by atoms with van der Waals surface area (Å²) in [6, 6.07) is 12.9. The molecule has 1 fully saturated rings. The standard InChI is InChI=1S/C20H21Cl2NO2/c1-25-18-10-9-16(13-17(18)22)23-19(24)20(11-3-2-4-12-20)14-5-7-15(21)8-6-14/h5-10,13H,2-4,11-12H2,1H3,(H,23,24). The van der Waals surface area contributed by atoms with Gasteiger partial charge in [0.2, 0.25) is 5.91 Å². The molecule has 3 rings (SSSR count). The van der Waals surface area contributed by atoms with Crippen molar-refractivity contribution >= 4 is 34.8 Å². The first kappa shape index (κ1) is 18.1. The second-order valence-corrected chi connectivity index (χ2v) is 7.30. The van der Waals surface area contributed by atoms with Crippen LogP contribution < -0.4 is 10.1 Å². The van der Waals surface area contributed by atoms with Gasteiger partial charge in [-0.2, -0.15) is 0 Å². The van der Waals surface area contributed by atoms with Gasteiger partial charge in [0.1, 0.15) is 5.75 Å². The third-order valence-corrected chi connectivity index (χ3v) is 5.50. The van der Waals surface area contributed by atoms with Crippen LogP contribution in [0.4, 0.5) is 5.69 Å². The summed E-state index contributed by atoms with van der Waals surface area (Å²) in [7, 11) is 1.57. The Labute approximate surface area is 158 Å². The first-order valence-corrected chi connectivity index (χ1v) is 9.22. The molecule has 132 valence electrons. The molecule has 0 heterocycles. The molecule has 1 saturated carbocycles. The fourth-order valence-electron chi connectivity index (χ4n) is 3.57. The van der Waals surface area contributed by atoms with E-state index in [-0.39, 0.29) is 5.91 Å². The molecule has 1 aliphatic carbocycles. The fourth-order valence-corrected chi connectivity index (χ4v) is 3.95. The van der Waals surface area contributed by atoms with Crippen LogP contribution in [0.15, 0.2) is 42.5 Å². The molecule has 0 saturated heterocycles. The molecule has 1 N–H and O–H groups in total. The highest BCUT2D eigenvalue weighted by atomic mass is 35.5. The maximum atomic E-state index is 13.2. The summed E-state index contributed by atoms with van der Waals surface area (Å²) in [5.41, 5.74) is 1.18. The minimum Gasteiger partial charge on any atom is -0.495 e. The van der Waals surface area contributed by atoms with Crippen LogP contribution in [0, 0.1) is 0 Å². The van der Waals surface area contributed by atoms with E-state index in [1.807, 2.05) is 24.3 Å². The number of nitrogens with one attached hydrogen (secondary N) is 1. The van der Waals surface area contributed by atoms with E-state index in [1.54, 1.807) is 25.3 Å². The normalized spacial score (nSPS) is 16.3. The van der Waals surface area contributed by atoms with Crippen LogP contribution in [-0.2, 0) is 10.2 Å². The van der Waals surface area contributed by atoms with Crippen molar-refractivity contribution in [3.8, 4) is 5.75 Å². The van der Waals surface area contributed by atoms with Crippen LogP contribution in [0.1, 0.15) is 37.7 Å². The summed E-state index contributed by atoms with van der Waals surface area (Å²) >= 11 is 12.2. The van der Waals surface area contributed by atoms with Crippen molar-refractivity contribution in [2.75, 3.05) is 12.4 Å². The molecule has 1 amide bonds. The van der Waals surface area contributed by atoms with Crippen molar-refractivity contribution in [2.45, 2.75) is 37.5 Å². The SMILES string of the molecule is COc1ccc(NC(=O)C2(c3ccc(Cl)cc3)CCCCC2)cc1Cl. The molecule has 0 aliphatic heterocycles. The number of hydrogen-bond acceptors (Lipinski definition) is 2. The smallest absolute Gasteiger partial charge is 0.235 e. The summed E-state index contributed by atoms with van der Waals surface area (Å²) in [5.74, 6) is 0.598. The van der Waals surface area contributed by atoms with Crippen LogP contribution in [0.25, 0.3) is 0 Å². The number of ether oxygens (including phenoxy) is 1. The molecular formula is C20H21Cl2NO2. The molecule has 0 bridgehead atoms. The molecule has 0 spiro atoms. The van der Waals surface area contributed by atoms with E-state index in [1.165, 1.54) is 0 Å². The van der Waals surface area contributed by atoms with E-state index in [4.69, 9.17) is 27.9 Å². The van der Waals surface area contributed by atoms with Crippen molar-refractivity contribution in [2.24, 2.45) is 0 Å². The Hall–Kier alpha value is -1.71. The zero-order chi connectivity index (χ0) is 17.9. The number of anilines is 1. The molecule has 1 aliphatic rings. The molecule has 25 heavy (non-hydrogen) atoms. The van der Waals surface area contributed by atoms with Gasteiger partial charge in [-0.15, -0.1) is 0 Å². The van der Waals surface area contributed by atoms with Gasteiger partial charge in [-0.3, -0.25) is 4.79 Å². The van der Waals surface area contributed by atoms with Gasteiger partial charge in [-0.05, 0) is 48.7 Å². The lowest BCUT2D eigenvalue weighted by Crippen LogP contribution is -2.42. The van der Waals surface area contributed by atoms with Gasteiger partial charge >= 0.3 is 0 Å². The average Bonchev–Trinajstić information content (AvgIpc) is 2.63. The Balaban J connectivity index is 1.89. The third-order valence-electron chi connectivity index (χ3n) is 4.95. The lowest BCUT2D eigenvalue weighted by molar-refractivity contribution is -0.122. The molecule has 0 radical (unpaired) electrons. The maximum Gasteiger partial charge on any atom is 0.235 e. The third kappa shape index (κ3) is 3.78. The Morgan fingerprint density at radius 2 is 1.72 bits per heavy atom. The van der Waals surface area contributed by atoms with E-state index in [0.29, 0.717) is 21.5 Å². The maximum absolute atomic E-state index is 13.2. The molecule has 2 aromatic rings. The summed E-state index contributed by atoms with van der Waals surface area (Å²) in [4.78, 5) is 13.2. The number of carbonyl (C=O) groups excluding carboxylic acids is 1. The molecule has 0 unspecified atom stereocenters. The summed E-state index contributed by atoms with van der Waals surface area (Å²) in [6.07, 6.45) is 4.92. The minimum atomic E-state index is -0.519. The highest BCUT2D eigenvalue weighted by Crippen LogP contribution is 2.41. The molecule has 3 nitrogen and oxygen atoms in total. The van der Waals surface area contributed by atoms with Gasteiger partial charge in [0.25, 0.3) is 0 Å². The Morgan fingerprint density at radius 1 is 1.04 bits per heavy atom. The molecule has 0 atom stereocenters. The highest BCUT2D eigenvalue weighted by Gasteiger charge is 2.41. The van der Waals surface area contributed by atoms with Gasteiger partial charge in [0.15, 0.2) is 0 Å². The quantitative estimate of drug-likeness (QED) is 0.726. The number of hydrogen-bond donors (Lipinski definition) is 1. The minimum absolute atomic E-state index is 0.00996. The zero-order valence-corrected chi connectivity index (χ0v) is 15.7. The number of benzene rings is 2. The van der Waals surface area contributed by atoms with Gasteiger partial charge in [-0.25, -0.2) is 0 Å². The highest BCUT2D eigenvalue weighted by molar-refractivity contribution is 6.32. The Kier molecular flexibility index (Phi) is 5.55. The first-order chi connectivity index (χ1) is 12.0. The monoisotopic (exact) mass is 377 g/mol. The number of rotatable bonds is 4. The molecular weight excluding hydrogens is 357 g/mol. The van der Waals surface area contributed by atoms with Gasteiger partial charge in [0, 0.05) is 10.7 Å². The van der Waals surface area contributed by atoms with E-state index in [9.17, 15) is 4.79 Å². The second kappa shape index (κ2) is 7.67. The Bertz CT molecular complexity index is 753. The van der Waals surface area contributed by atoms with Crippen molar-refractivity contribution < 1.29 is 9.53 Å². The lowest BCUT2D eigenvalue weighted by atomic mass is 9.68. The van der Waals surface area contributed by atoms with E-state index in [2.05, 4.69) is 5.32 Å². The van der Waals surface area contributed by atoms with Gasteiger partial charge in [-0.1, -0.05) is 54.6 Å². The van der Waals surface area contributed by atoms with Gasteiger partial charge < -0.3 is 10.1 Å². The van der Waals surface area contributed by atoms with E-state index >= 15 is 0 Å². The van der Waals surface area contributed by atoms with Crippen LogP contribution in [0.3, 0.4) is 0 Å². The number of carbonyl (C=O) groups is 1. The number of halogens is 2. The summed E-state index contributed by atoms with van der Waals surface area (Å²) < 4.78 is 5.16.